The molecule has 6 heteroatoms. The monoisotopic (exact) mass is 249 g/mol. The number of rotatable bonds is 4. The zero-order valence-electron chi connectivity index (χ0n) is 9.96. The van der Waals surface area contributed by atoms with E-state index in [0.29, 0.717) is 5.69 Å². The first-order valence-corrected chi connectivity index (χ1v) is 5.93. The van der Waals surface area contributed by atoms with Gasteiger partial charge in [0.1, 0.15) is 0 Å². The minimum atomic E-state index is -0.451. The lowest BCUT2D eigenvalue weighted by atomic mass is 10.3. The van der Waals surface area contributed by atoms with E-state index in [1.165, 1.54) is 12.1 Å². The molecule has 1 aliphatic rings. The van der Waals surface area contributed by atoms with Crippen molar-refractivity contribution in [3.63, 3.8) is 0 Å². The maximum Gasteiger partial charge on any atom is 0.271 e. The topological polar surface area (TPSA) is 75.5 Å². The number of likely N-dealkylation sites (tertiary alicyclic amines) is 1. The maximum absolute atomic E-state index is 11.8. The van der Waals surface area contributed by atoms with E-state index < -0.39 is 4.92 Å². The molecule has 1 saturated heterocycles. The Hall–Kier alpha value is -2.11. The number of carbonyl (C=O) groups is 1. The molecule has 1 aliphatic heterocycles. The van der Waals surface area contributed by atoms with Gasteiger partial charge in [0.05, 0.1) is 11.5 Å². The molecule has 18 heavy (non-hydrogen) atoms. The number of nitrogens with zero attached hydrogens (tertiary/aromatic N) is 2. The lowest BCUT2D eigenvalue weighted by Crippen LogP contribution is -2.32. The first-order chi connectivity index (χ1) is 8.66. The summed E-state index contributed by atoms with van der Waals surface area (Å²) in [7, 11) is 0. The van der Waals surface area contributed by atoms with Gasteiger partial charge in [0.15, 0.2) is 0 Å². The lowest BCUT2D eigenvalue weighted by Gasteiger charge is -2.15. The summed E-state index contributed by atoms with van der Waals surface area (Å²) in [5.41, 5.74) is 0.616. The molecule has 0 radical (unpaired) electrons. The molecule has 1 aromatic rings. The van der Waals surface area contributed by atoms with Gasteiger partial charge in [-0.2, -0.15) is 0 Å². The van der Waals surface area contributed by atoms with E-state index >= 15 is 0 Å². The third-order valence-electron chi connectivity index (χ3n) is 2.96. The van der Waals surface area contributed by atoms with E-state index in [1.54, 1.807) is 12.1 Å². The highest BCUT2D eigenvalue weighted by Gasteiger charge is 2.17. The second-order valence-corrected chi connectivity index (χ2v) is 4.25. The highest BCUT2D eigenvalue weighted by Crippen LogP contribution is 2.17. The van der Waals surface area contributed by atoms with Crippen LogP contribution in [0.2, 0.25) is 0 Å². The third-order valence-corrected chi connectivity index (χ3v) is 2.96. The van der Waals surface area contributed by atoms with Crippen molar-refractivity contribution in [2.75, 3.05) is 25.0 Å². The number of nitro benzene ring substituents is 1. The Bertz CT molecular complexity index is 456. The van der Waals surface area contributed by atoms with Gasteiger partial charge in [-0.3, -0.25) is 14.9 Å². The smallest absolute Gasteiger partial charge is 0.271 e. The zero-order chi connectivity index (χ0) is 13.0. The van der Waals surface area contributed by atoms with Gasteiger partial charge in [-0.05, 0) is 18.9 Å². The Morgan fingerprint density at radius 2 is 2.11 bits per heavy atom. The molecule has 1 amide bonds. The van der Waals surface area contributed by atoms with E-state index in [2.05, 4.69) is 5.32 Å². The minimum absolute atomic E-state index is 0.0219. The quantitative estimate of drug-likeness (QED) is 0.650. The highest BCUT2D eigenvalue weighted by atomic mass is 16.6. The van der Waals surface area contributed by atoms with Gasteiger partial charge in [0.25, 0.3) is 5.69 Å². The Kier molecular flexibility index (Phi) is 3.76. The number of amides is 1. The number of anilines is 1. The molecule has 0 aromatic heterocycles. The van der Waals surface area contributed by atoms with Crippen LogP contribution in [0.4, 0.5) is 11.4 Å². The normalized spacial score (nSPS) is 14.6. The van der Waals surface area contributed by atoms with Crippen molar-refractivity contribution in [1.82, 2.24) is 4.90 Å². The maximum atomic E-state index is 11.8. The van der Waals surface area contributed by atoms with Gasteiger partial charge in [0, 0.05) is 30.9 Å². The van der Waals surface area contributed by atoms with Crippen LogP contribution in [-0.2, 0) is 4.79 Å². The van der Waals surface area contributed by atoms with Crippen molar-refractivity contribution in [3.8, 4) is 0 Å². The van der Waals surface area contributed by atoms with Crippen LogP contribution in [0.5, 0.6) is 0 Å². The van der Waals surface area contributed by atoms with Crippen LogP contribution in [0.1, 0.15) is 12.8 Å². The number of benzene rings is 1. The Labute approximate surface area is 105 Å². The van der Waals surface area contributed by atoms with Gasteiger partial charge in [-0.25, -0.2) is 0 Å². The molecule has 1 aromatic carbocycles. The van der Waals surface area contributed by atoms with Crippen molar-refractivity contribution in [2.45, 2.75) is 12.8 Å². The number of nitrogens with one attached hydrogen (secondary N) is 1. The van der Waals surface area contributed by atoms with E-state index in [-0.39, 0.29) is 18.1 Å². The SMILES string of the molecule is O=C(CNc1cccc([N+](=O)[O-])c1)N1CCCC1. The van der Waals surface area contributed by atoms with Gasteiger partial charge in [0.2, 0.25) is 5.91 Å². The van der Waals surface area contributed by atoms with E-state index in [4.69, 9.17) is 0 Å². The van der Waals surface area contributed by atoms with Crippen molar-refractivity contribution < 1.29 is 9.72 Å². The Balaban J connectivity index is 1.91. The number of hydrogen-bond donors (Lipinski definition) is 1. The molecular formula is C12H15N3O3. The third kappa shape index (κ3) is 2.97. The summed E-state index contributed by atoms with van der Waals surface area (Å²) in [5, 5.41) is 13.5. The fraction of sp³-hybridized carbons (Fsp3) is 0.417. The van der Waals surface area contributed by atoms with Gasteiger partial charge in [-0.1, -0.05) is 6.07 Å². The van der Waals surface area contributed by atoms with Crippen LogP contribution in [0.25, 0.3) is 0 Å². The first kappa shape index (κ1) is 12.3. The van der Waals surface area contributed by atoms with Crippen LogP contribution < -0.4 is 5.32 Å². The van der Waals surface area contributed by atoms with Crippen LogP contribution >= 0.6 is 0 Å². The number of hydrogen-bond acceptors (Lipinski definition) is 4. The van der Waals surface area contributed by atoms with Crippen LogP contribution in [0.3, 0.4) is 0 Å². The fourth-order valence-corrected chi connectivity index (χ4v) is 1.99. The largest absolute Gasteiger partial charge is 0.376 e. The molecule has 1 heterocycles. The standard InChI is InChI=1S/C12H15N3O3/c16-12(14-6-1-2-7-14)9-13-10-4-3-5-11(8-10)15(17)18/h3-5,8,13H,1-2,6-7,9H2. The number of carbonyl (C=O) groups excluding carboxylic acids is 1. The van der Waals surface area contributed by atoms with Crippen LogP contribution in [0, 0.1) is 10.1 Å². The number of nitro groups is 1. The summed E-state index contributed by atoms with van der Waals surface area (Å²) in [6.45, 7) is 1.81. The van der Waals surface area contributed by atoms with Crippen LogP contribution in [-0.4, -0.2) is 35.4 Å². The second kappa shape index (κ2) is 5.48. The summed E-state index contributed by atoms with van der Waals surface area (Å²) in [6.07, 6.45) is 2.12. The molecule has 1 fully saturated rings. The van der Waals surface area contributed by atoms with Gasteiger partial charge < -0.3 is 10.2 Å². The van der Waals surface area contributed by atoms with E-state index in [0.717, 1.165) is 25.9 Å². The average Bonchev–Trinajstić information content (AvgIpc) is 2.90. The summed E-state index contributed by atoms with van der Waals surface area (Å²) < 4.78 is 0. The summed E-state index contributed by atoms with van der Waals surface area (Å²) >= 11 is 0. The van der Waals surface area contributed by atoms with Gasteiger partial charge >= 0.3 is 0 Å². The Morgan fingerprint density at radius 3 is 2.78 bits per heavy atom. The van der Waals surface area contributed by atoms with E-state index in [1.807, 2.05) is 4.90 Å². The zero-order valence-corrected chi connectivity index (χ0v) is 9.96. The minimum Gasteiger partial charge on any atom is -0.376 e. The van der Waals surface area contributed by atoms with Crippen molar-refractivity contribution in [1.29, 1.82) is 0 Å². The number of non-ortho nitro benzene ring substituents is 1. The highest BCUT2D eigenvalue weighted by molar-refractivity contribution is 5.81. The fourth-order valence-electron chi connectivity index (χ4n) is 1.99. The molecule has 0 saturated carbocycles. The summed E-state index contributed by atoms with van der Waals surface area (Å²) in [4.78, 5) is 23.7. The van der Waals surface area contributed by atoms with Crippen molar-refractivity contribution in [3.05, 3.63) is 34.4 Å². The predicted octanol–water partition coefficient (Wildman–Crippen LogP) is 1.63. The van der Waals surface area contributed by atoms with Crippen molar-refractivity contribution >= 4 is 17.3 Å². The molecule has 96 valence electrons. The van der Waals surface area contributed by atoms with Crippen molar-refractivity contribution in [2.24, 2.45) is 0 Å². The Morgan fingerprint density at radius 1 is 1.39 bits per heavy atom. The molecule has 0 bridgehead atoms. The summed E-state index contributed by atoms with van der Waals surface area (Å²) in [6, 6.07) is 6.16. The second-order valence-electron chi connectivity index (χ2n) is 4.25. The van der Waals surface area contributed by atoms with Gasteiger partial charge in [-0.15, -0.1) is 0 Å². The average molecular weight is 249 g/mol. The molecule has 0 aliphatic carbocycles. The molecule has 6 nitrogen and oxygen atoms in total. The molecule has 0 atom stereocenters. The summed E-state index contributed by atoms with van der Waals surface area (Å²) in [5.74, 6) is 0.0407. The molecule has 1 N–H and O–H groups in total. The molecule has 0 spiro atoms. The predicted molar refractivity (Wildman–Crippen MR) is 67.4 cm³/mol. The molecular weight excluding hydrogens is 234 g/mol. The molecule has 2 rings (SSSR count). The first-order valence-electron chi connectivity index (χ1n) is 5.93. The molecule has 0 unspecified atom stereocenters. The van der Waals surface area contributed by atoms with Crippen LogP contribution in [0.15, 0.2) is 24.3 Å². The lowest BCUT2D eigenvalue weighted by molar-refractivity contribution is -0.384. The van der Waals surface area contributed by atoms with E-state index in [9.17, 15) is 14.9 Å².